The molecule has 0 unspecified atom stereocenters. The Morgan fingerprint density at radius 3 is 2.79 bits per heavy atom. The van der Waals surface area contributed by atoms with Crippen molar-refractivity contribution < 1.29 is 18.7 Å². The molecule has 0 saturated heterocycles. The van der Waals surface area contributed by atoms with Crippen LogP contribution in [0.4, 0.5) is 15.9 Å². The lowest BCUT2D eigenvalue weighted by Gasteiger charge is -2.14. The Morgan fingerprint density at radius 2 is 2.06 bits per heavy atom. The van der Waals surface area contributed by atoms with Crippen LogP contribution in [0.5, 0.6) is 0 Å². The molecule has 1 aliphatic carbocycles. The van der Waals surface area contributed by atoms with Crippen LogP contribution in [0.15, 0.2) is 36.7 Å². The van der Waals surface area contributed by atoms with Crippen molar-refractivity contribution in [1.82, 2.24) is 19.7 Å². The van der Waals surface area contributed by atoms with Gasteiger partial charge in [0.05, 0.1) is 18.2 Å². The summed E-state index contributed by atoms with van der Waals surface area (Å²) in [5.41, 5.74) is 1.27. The largest absolute Gasteiger partial charge is 0.383 e. The zero-order chi connectivity index (χ0) is 23.5. The van der Waals surface area contributed by atoms with Gasteiger partial charge in [0.25, 0.3) is 5.91 Å². The summed E-state index contributed by atoms with van der Waals surface area (Å²) in [4.78, 5) is 29.4. The number of aryl methyl sites for hydroxylation is 1. The standard InChI is InChI=1S/C23H25FN6O3/c1-13-9-17(24)16(10-19(13)27-22(31)15-7-8-15)23(32)28-20-6-4-5-18(26-20)21-29-25-12-30(21)14(2)11-33-3/h4-6,9-10,12,14-15H,7-8,11H2,1-3H3,(H,27,31)(H,26,28,32)/t14-/m1/s1. The van der Waals surface area contributed by atoms with Gasteiger partial charge in [-0.05, 0) is 56.5 Å². The molecule has 0 bridgehead atoms. The van der Waals surface area contributed by atoms with Gasteiger partial charge in [0.15, 0.2) is 5.82 Å². The van der Waals surface area contributed by atoms with Crippen molar-refractivity contribution in [3.05, 3.63) is 53.6 Å². The summed E-state index contributed by atoms with van der Waals surface area (Å²) in [5, 5.41) is 13.5. The predicted molar refractivity (Wildman–Crippen MR) is 120 cm³/mol. The van der Waals surface area contributed by atoms with Gasteiger partial charge in [0, 0.05) is 18.7 Å². The van der Waals surface area contributed by atoms with Gasteiger partial charge in [-0.25, -0.2) is 9.37 Å². The van der Waals surface area contributed by atoms with Gasteiger partial charge < -0.3 is 19.9 Å². The number of nitrogens with zero attached hydrogens (tertiary/aromatic N) is 4. The van der Waals surface area contributed by atoms with Crippen LogP contribution in [-0.4, -0.2) is 45.3 Å². The van der Waals surface area contributed by atoms with Crippen LogP contribution >= 0.6 is 0 Å². The fourth-order valence-electron chi connectivity index (χ4n) is 3.44. The third-order valence-corrected chi connectivity index (χ3v) is 5.44. The molecule has 4 rings (SSSR count). The van der Waals surface area contributed by atoms with Gasteiger partial charge in [-0.15, -0.1) is 10.2 Å². The smallest absolute Gasteiger partial charge is 0.259 e. The summed E-state index contributed by atoms with van der Waals surface area (Å²) in [6.07, 6.45) is 3.28. The maximum absolute atomic E-state index is 14.6. The molecule has 10 heteroatoms. The van der Waals surface area contributed by atoms with Crippen LogP contribution in [0.1, 0.15) is 41.7 Å². The predicted octanol–water partition coefficient (Wildman–Crippen LogP) is 3.60. The number of hydrogen-bond acceptors (Lipinski definition) is 6. The van der Waals surface area contributed by atoms with Crippen LogP contribution in [0.2, 0.25) is 0 Å². The van der Waals surface area contributed by atoms with Crippen LogP contribution < -0.4 is 10.6 Å². The molecule has 33 heavy (non-hydrogen) atoms. The van der Waals surface area contributed by atoms with Crippen molar-refractivity contribution in [2.24, 2.45) is 5.92 Å². The number of nitrogens with one attached hydrogen (secondary N) is 2. The van der Waals surface area contributed by atoms with Gasteiger partial charge in [-0.1, -0.05) is 6.07 Å². The number of aromatic nitrogens is 4. The highest BCUT2D eigenvalue weighted by atomic mass is 19.1. The van der Waals surface area contributed by atoms with Crippen LogP contribution in [0.25, 0.3) is 11.5 Å². The number of amides is 2. The van der Waals surface area contributed by atoms with Crippen molar-refractivity contribution in [1.29, 1.82) is 0 Å². The highest BCUT2D eigenvalue weighted by Crippen LogP contribution is 2.31. The molecule has 1 aromatic carbocycles. The van der Waals surface area contributed by atoms with E-state index >= 15 is 0 Å². The van der Waals surface area contributed by atoms with E-state index in [1.807, 2.05) is 11.5 Å². The Balaban J connectivity index is 1.55. The second-order valence-electron chi connectivity index (χ2n) is 8.14. The first kappa shape index (κ1) is 22.5. The summed E-state index contributed by atoms with van der Waals surface area (Å²) >= 11 is 0. The third-order valence-electron chi connectivity index (χ3n) is 5.44. The van der Waals surface area contributed by atoms with Gasteiger partial charge in [0.1, 0.15) is 23.7 Å². The van der Waals surface area contributed by atoms with Crippen LogP contribution in [0, 0.1) is 18.7 Å². The topological polar surface area (TPSA) is 111 Å². The molecule has 1 saturated carbocycles. The van der Waals surface area contributed by atoms with Crippen molar-refractivity contribution >= 4 is 23.3 Å². The summed E-state index contributed by atoms with van der Waals surface area (Å²) in [5.74, 6) is -0.728. The summed E-state index contributed by atoms with van der Waals surface area (Å²) in [6.45, 7) is 4.11. The fourth-order valence-corrected chi connectivity index (χ4v) is 3.44. The van der Waals surface area contributed by atoms with E-state index in [0.717, 1.165) is 12.8 Å². The number of rotatable bonds is 8. The summed E-state index contributed by atoms with van der Waals surface area (Å²) in [6, 6.07) is 7.63. The normalized spacial score (nSPS) is 14.1. The molecule has 0 aliphatic heterocycles. The minimum atomic E-state index is -0.682. The number of carbonyl (C=O) groups excluding carboxylic acids is 2. The Hall–Kier alpha value is -3.66. The number of benzene rings is 1. The van der Waals surface area contributed by atoms with Crippen molar-refractivity contribution in [3.8, 4) is 11.5 Å². The minimum Gasteiger partial charge on any atom is -0.383 e. The lowest BCUT2D eigenvalue weighted by molar-refractivity contribution is -0.117. The molecule has 172 valence electrons. The number of halogens is 1. The SMILES string of the molecule is COC[C@@H](C)n1cnnc1-c1cccc(NC(=O)c2cc(NC(=O)C3CC3)c(C)cc2F)n1. The minimum absolute atomic E-state index is 0.00711. The van der Waals surface area contributed by atoms with Crippen molar-refractivity contribution in [2.75, 3.05) is 24.4 Å². The first-order valence-electron chi connectivity index (χ1n) is 10.7. The van der Waals surface area contributed by atoms with Crippen LogP contribution in [0.3, 0.4) is 0 Å². The molecule has 3 aromatic rings. The number of hydrogen-bond donors (Lipinski definition) is 2. The molecule has 2 amide bonds. The number of carbonyl (C=O) groups is 2. The summed E-state index contributed by atoms with van der Waals surface area (Å²) < 4.78 is 21.6. The van der Waals surface area contributed by atoms with Gasteiger partial charge in [0.2, 0.25) is 5.91 Å². The van der Waals surface area contributed by atoms with E-state index in [2.05, 4.69) is 25.8 Å². The Labute approximate surface area is 190 Å². The Kier molecular flexibility index (Phi) is 6.45. The molecule has 0 radical (unpaired) electrons. The molecule has 1 aliphatic rings. The molecular weight excluding hydrogens is 427 g/mol. The van der Waals surface area contributed by atoms with E-state index in [9.17, 15) is 14.0 Å². The molecule has 1 atom stereocenters. The van der Waals surface area contributed by atoms with E-state index in [1.165, 1.54) is 12.1 Å². The lowest BCUT2D eigenvalue weighted by Crippen LogP contribution is -2.18. The molecule has 0 spiro atoms. The number of pyridine rings is 1. The van der Waals surface area contributed by atoms with Gasteiger partial charge in [-0.3, -0.25) is 9.59 Å². The van der Waals surface area contributed by atoms with Gasteiger partial charge >= 0.3 is 0 Å². The lowest BCUT2D eigenvalue weighted by atomic mass is 10.1. The first-order chi connectivity index (χ1) is 15.9. The van der Waals surface area contributed by atoms with Crippen molar-refractivity contribution in [3.63, 3.8) is 0 Å². The average Bonchev–Trinajstić information content (AvgIpc) is 3.52. The Bertz CT molecular complexity index is 1190. The quantitative estimate of drug-likeness (QED) is 0.540. The maximum Gasteiger partial charge on any atom is 0.259 e. The first-order valence-corrected chi connectivity index (χ1v) is 10.7. The van der Waals surface area contributed by atoms with E-state index in [-0.39, 0.29) is 29.2 Å². The van der Waals surface area contributed by atoms with Gasteiger partial charge in [-0.2, -0.15) is 0 Å². The van der Waals surface area contributed by atoms with Crippen molar-refractivity contribution in [2.45, 2.75) is 32.7 Å². The van der Waals surface area contributed by atoms with Crippen LogP contribution in [-0.2, 0) is 9.53 Å². The number of ether oxygens (including phenoxy) is 1. The molecular formula is C23H25FN6O3. The summed E-state index contributed by atoms with van der Waals surface area (Å²) in [7, 11) is 1.61. The highest BCUT2D eigenvalue weighted by molar-refractivity contribution is 6.05. The maximum atomic E-state index is 14.6. The average molecular weight is 452 g/mol. The Morgan fingerprint density at radius 1 is 1.27 bits per heavy atom. The molecule has 2 aromatic heterocycles. The second kappa shape index (κ2) is 9.45. The molecule has 2 N–H and O–H groups in total. The molecule has 1 fully saturated rings. The third kappa shape index (κ3) is 5.06. The van der Waals surface area contributed by atoms with E-state index in [4.69, 9.17) is 4.74 Å². The number of methoxy groups -OCH3 is 1. The van der Waals surface area contributed by atoms with E-state index in [0.29, 0.717) is 29.4 Å². The number of anilines is 2. The van der Waals surface area contributed by atoms with E-state index < -0.39 is 11.7 Å². The van der Waals surface area contributed by atoms with E-state index in [1.54, 1.807) is 38.6 Å². The zero-order valence-electron chi connectivity index (χ0n) is 18.6. The fraction of sp³-hybridized carbons (Fsp3) is 0.348. The monoisotopic (exact) mass is 452 g/mol. The molecule has 9 nitrogen and oxygen atoms in total. The highest BCUT2D eigenvalue weighted by Gasteiger charge is 2.30. The zero-order valence-corrected chi connectivity index (χ0v) is 18.6. The molecule has 2 heterocycles. The second-order valence-corrected chi connectivity index (χ2v) is 8.14.